The van der Waals surface area contributed by atoms with E-state index in [0.29, 0.717) is 17.9 Å². The summed E-state index contributed by atoms with van der Waals surface area (Å²) in [6.07, 6.45) is 4.63. The highest BCUT2D eigenvalue weighted by Crippen LogP contribution is 2.22. The van der Waals surface area contributed by atoms with Crippen molar-refractivity contribution in [2.45, 2.75) is 52.0 Å². The highest BCUT2D eigenvalue weighted by Gasteiger charge is 2.21. The van der Waals surface area contributed by atoms with Crippen LogP contribution in [0.2, 0.25) is 0 Å². The predicted octanol–water partition coefficient (Wildman–Crippen LogP) is 3.56. The maximum absolute atomic E-state index is 13.7. The summed E-state index contributed by atoms with van der Waals surface area (Å²) in [6.45, 7) is 4.25. The van der Waals surface area contributed by atoms with Crippen molar-refractivity contribution in [3.63, 3.8) is 0 Å². The van der Waals surface area contributed by atoms with Crippen LogP contribution in [-0.4, -0.2) is 6.04 Å². The molecule has 0 aliphatic heterocycles. The van der Waals surface area contributed by atoms with Gasteiger partial charge in [-0.2, -0.15) is 0 Å². The molecule has 108 valence electrons. The first-order valence-corrected chi connectivity index (χ1v) is 7.02. The standard InChI is InChI=1S/C15H24F2N2/c1-3-5-11(6-4-2)15(19-18)10-12-9-13(16)7-8-14(12)17/h7-9,11,15,19H,3-6,10,18H2,1-2H3. The molecule has 0 radical (unpaired) electrons. The number of hydrogen-bond acceptors (Lipinski definition) is 2. The van der Waals surface area contributed by atoms with E-state index in [2.05, 4.69) is 19.3 Å². The maximum Gasteiger partial charge on any atom is 0.126 e. The van der Waals surface area contributed by atoms with Crippen LogP contribution in [0.15, 0.2) is 18.2 Å². The van der Waals surface area contributed by atoms with E-state index >= 15 is 0 Å². The molecule has 0 bridgehead atoms. The van der Waals surface area contributed by atoms with Crippen LogP contribution >= 0.6 is 0 Å². The molecule has 1 unspecified atom stereocenters. The SMILES string of the molecule is CCCC(CCC)C(Cc1cc(F)ccc1F)NN. The summed E-state index contributed by atoms with van der Waals surface area (Å²) in [7, 11) is 0. The van der Waals surface area contributed by atoms with Crippen molar-refractivity contribution in [3.8, 4) is 0 Å². The van der Waals surface area contributed by atoms with Crippen LogP contribution in [0.25, 0.3) is 0 Å². The molecule has 1 rings (SSSR count). The van der Waals surface area contributed by atoms with Crippen LogP contribution in [0, 0.1) is 17.6 Å². The number of benzene rings is 1. The third-order valence-corrected chi connectivity index (χ3v) is 3.55. The van der Waals surface area contributed by atoms with Gasteiger partial charge in [-0.25, -0.2) is 8.78 Å². The lowest BCUT2D eigenvalue weighted by Gasteiger charge is -2.26. The van der Waals surface area contributed by atoms with E-state index in [9.17, 15) is 8.78 Å². The fourth-order valence-corrected chi connectivity index (χ4v) is 2.59. The zero-order valence-electron chi connectivity index (χ0n) is 11.8. The highest BCUT2D eigenvalue weighted by molar-refractivity contribution is 5.20. The van der Waals surface area contributed by atoms with Gasteiger partial charge in [0.25, 0.3) is 0 Å². The molecule has 0 aliphatic rings. The third kappa shape index (κ3) is 4.88. The summed E-state index contributed by atoms with van der Waals surface area (Å²) in [6, 6.07) is 3.55. The van der Waals surface area contributed by atoms with Crippen LogP contribution in [0.3, 0.4) is 0 Å². The second-order valence-electron chi connectivity index (χ2n) is 5.05. The van der Waals surface area contributed by atoms with Crippen molar-refractivity contribution in [2.75, 3.05) is 0 Å². The van der Waals surface area contributed by atoms with E-state index in [-0.39, 0.29) is 11.9 Å². The Hall–Kier alpha value is -1.00. The number of rotatable bonds is 8. The minimum absolute atomic E-state index is 0.0174. The molecule has 2 nitrogen and oxygen atoms in total. The molecule has 1 aromatic rings. The van der Waals surface area contributed by atoms with Gasteiger partial charge < -0.3 is 0 Å². The monoisotopic (exact) mass is 270 g/mol. The van der Waals surface area contributed by atoms with Gasteiger partial charge in [0.15, 0.2) is 0 Å². The third-order valence-electron chi connectivity index (χ3n) is 3.55. The van der Waals surface area contributed by atoms with Crippen LogP contribution in [-0.2, 0) is 6.42 Å². The second kappa shape index (κ2) is 8.23. The van der Waals surface area contributed by atoms with E-state index < -0.39 is 5.82 Å². The fourth-order valence-electron chi connectivity index (χ4n) is 2.59. The van der Waals surface area contributed by atoms with Crippen molar-refractivity contribution in [2.24, 2.45) is 11.8 Å². The van der Waals surface area contributed by atoms with Gasteiger partial charge in [0.1, 0.15) is 11.6 Å². The van der Waals surface area contributed by atoms with Gasteiger partial charge in [0.05, 0.1) is 0 Å². The summed E-state index contributed by atoms with van der Waals surface area (Å²) < 4.78 is 26.8. The molecule has 4 heteroatoms. The number of hydrazine groups is 1. The molecule has 1 atom stereocenters. The smallest absolute Gasteiger partial charge is 0.126 e. The summed E-state index contributed by atoms with van der Waals surface area (Å²) in [5.41, 5.74) is 3.17. The Morgan fingerprint density at radius 3 is 2.32 bits per heavy atom. The molecule has 0 spiro atoms. The van der Waals surface area contributed by atoms with Crippen LogP contribution in [0.4, 0.5) is 8.78 Å². The van der Waals surface area contributed by atoms with E-state index in [1.807, 2.05) is 0 Å². The zero-order valence-corrected chi connectivity index (χ0v) is 11.8. The lowest BCUT2D eigenvalue weighted by molar-refractivity contribution is 0.309. The van der Waals surface area contributed by atoms with Gasteiger partial charge >= 0.3 is 0 Å². The lowest BCUT2D eigenvalue weighted by Crippen LogP contribution is -2.42. The Morgan fingerprint density at radius 2 is 1.79 bits per heavy atom. The van der Waals surface area contributed by atoms with Crippen LogP contribution < -0.4 is 11.3 Å². The highest BCUT2D eigenvalue weighted by atomic mass is 19.1. The molecule has 19 heavy (non-hydrogen) atoms. The number of halogens is 2. The summed E-state index contributed by atoms with van der Waals surface area (Å²) in [5, 5.41) is 0. The Balaban J connectivity index is 2.81. The molecule has 0 saturated heterocycles. The van der Waals surface area contributed by atoms with Crippen LogP contribution in [0.5, 0.6) is 0 Å². The molecule has 0 amide bonds. The summed E-state index contributed by atoms with van der Waals surface area (Å²) in [5.74, 6) is 5.22. The molecular weight excluding hydrogens is 246 g/mol. The van der Waals surface area contributed by atoms with Gasteiger partial charge in [0, 0.05) is 6.04 Å². The van der Waals surface area contributed by atoms with E-state index in [1.165, 1.54) is 12.1 Å². The molecule has 0 aromatic heterocycles. The largest absolute Gasteiger partial charge is 0.271 e. The van der Waals surface area contributed by atoms with Gasteiger partial charge in [-0.15, -0.1) is 0 Å². The van der Waals surface area contributed by atoms with Crippen molar-refractivity contribution in [1.82, 2.24) is 5.43 Å². The van der Waals surface area contributed by atoms with E-state index in [1.54, 1.807) is 0 Å². The average Bonchev–Trinajstić information content (AvgIpc) is 2.39. The Bertz CT molecular complexity index is 376. The molecule has 3 N–H and O–H groups in total. The quantitative estimate of drug-likeness (QED) is 0.560. The second-order valence-corrected chi connectivity index (χ2v) is 5.05. The first-order chi connectivity index (χ1) is 9.12. The molecule has 0 saturated carbocycles. The maximum atomic E-state index is 13.7. The Morgan fingerprint density at radius 1 is 1.16 bits per heavy atom. The Kier molecular flexibility index (Phi) is 6.95. The predicted molar refractivity (Wildman–Crippen MR) is 74.5 cm³/mol. The first kappa shape index (κ1) is 16.1. The number of nitrogens with two attached hydrogens (primary N) is 1. The number of hydrogen-bond donors (Lipinski definition) is 2. The lowest BCUT2D eigenvalue weighted by atomic mass is 9.87. The zero-order chi connectivity index (χ0) is 14.3. The van der Waals surface area contributed by atoms with Crippen molar-refractivity contribution in [1.29, 1.82) is 0 Å². The molecule has 0 heterocycles. The van der Waals surface area contributed by atoms with E-state index in [4.69, 9.17) is 5.84 Å². The topological polar surface area (TPSA) is 38.0 Å². The molecule has 0 fully saturated rings. The molecule has 1 aromatic carbocycles. The van der Waals surface area contributed by atoms with Crippen molar-refractivity contribution in [3.05, 3.63) is 35.4 Å². The summed E-state index contributed by atoms with van der Waals surface area (Å²) in [4.78, 5) is 0. The van der Waals surface area contributed by atoms with Gasteiger partial charge in [-0.1, -0.05) is 26.7 Å². The number of nitrogens with one attached hydrogen (secondary N) is 1. The van der Waals surface area contributed by atoms with Crippen molar-refractivity contribution < 1.29 is 8.78 Å². The Labute approximate surface area is 114 Å². The van der Waals surface area contributed by atoms with Crippen molar-refractivity contribution >= 4 is 0 Å². The average molecular weight is 270 g/mol. The van der Waals surface area contributed by atoms with E-state index in [0.717, 1.165) is 31.7 Å². The summed E-state index contributed by atoms with van der Waals surface area (Å²) >= 11 is 0. The fraction of sp³-hybridized carbons (Fsp3) is 0.600. The normalized spacial score (nSPS) is 12.9. The van der Waals surface area contributed by atoms with Crippen LogP contribution in [0.1, 0.15) is 45.1 Å². The minimum atomic E-state index is -0.408. The molecular formula is C15H24F2N2. The van der Waals surface area contributed by atoms with Gasteiger partial charge in [-0.3, -0.25) is 11.3 Å². The minimum Gasteiger partial charge on any atom is -0.271 e. The van der Waals surface area contributed by atoms with Gasteiger partial charge in [-0.05, 0) is 48.9 Å². The molecule has 0 aliphatic carbocycles. The first-order valence-electron chi connectivity index (χ1n) is 7.02. The van der Waals surface area contributed by atoms with Gasteiger partial charge in [0.2, 0.25) is 0 Å².